The van der Waals surface area contributed by atoms with Gasteiger partial charge in [0.2, 0.25) is 0 Å². The second kappa shape index (κ2) is 12.7. The molecule has 22 heavy (non-hydrogen) atoms. The van der Waals surface area contributed by atoms with E-state index >= 15 is 0 Å². The van der Waals surface area contributed by atoms with Crippen molar-refractivity contribution in [1.82, 2.24) is 10.6 Å². The molecule has 0 radical (unpaired) electrons. The van der Waals surface area contributed by atoms with Gasteiger partial charge in [0, 0.05) is 25.4 Å². The van der Waals surface area contributed by atoms with Crippen molar-refractivity contribution in [3.05, 3.63) is 0 Å². The molecule has 0 aliphatic carbocycles. The standard InChI is InChI=1S/C16H35N3O2S/c1-5-17-16(19-13-14-22(20,21)6-2)18-12-10-8-7-9-11-15(3)4/h15H,5-14H2,1-4H3,(H2,17,18,19). The summed E-state index contributed by atoms with van der Waals surface area (Å²) in [4.78, 5) is 4.49. The SMILES string of the molecule is CCNC(=NCCCCCCC(C)C)NCCS(=O)(=O)CC. The third-order valence-electron chi connectivity index (χ3n) is 3.45. The van der Waals surface area contributed by atoms with Crippen LogP contribution in [0.25, 0.3) is 0 Å². The Morgan fingerprint density at radius 1 is 1.05 bits per heavy atom. The maximum atomic E-state index is 11.4. The summed E-state index contributed by atoms with van der Waals surface area (Å²) in [7, 11) is -2.92. The van der Waals surface area contributed by atoms with Crippen molar-refractivity contribution in [2.24, 2.45) is 10.9 Å². The van der Waals surface area contributed by atoms with E-state index in [1.165, 1.54) is 25.7 Å². The molecule has 0 aliphatic heterocycles. The summed E-state index contributed by atoms with van der Waals surface area (Å²) in [6, 6.07) is 0. The summed E-state index contributed by atoms with van der Waals surface area (Å²) in [6.07, 6.45) is 6.17. The van der Waals surface area contributed by atoms with Crippen molar-refractivity contribution in [2.45, 2.75) is 59.8 Å². The molecule has 0 amide bonds. The summed E-state index contributed by atoms with van der Waals surface area (Å²) in [6.45, 7) is 10.2. The lowest BCUT2D eigenvalue weighted by Gasteiger charge is -2.11. The van der Waals surface area contributed by atoms with E-state index in [1.807, 2.05) is 6.92 Å². The average molecular weight is 334 g/mol. The van der Waals surface area contributed by atoms with Crippen LogP contribution in [0.15, 0.2) is 4.99 Å². The molecule has 0 aromatic rings. The maximum absolute atomic E-state index is 11.4. The molecule has 132 valence electrons. The smallest absolute Gasteiger partial charge is 0.191 e. The van der Waals surface area contributed by atoms with Crippen molar-refractivity contribution >= 4 is 15.8 Å². The molecule has 0 aromatic carbocycles. The van der Waals surface area contributed by atoms with Crippen molar-refractivity contribution in [3.63, 3.8) is 0 Å². The van der Waals surface area contributed by atoms with Crippen LogP contribution >= 0.6 is 0 Å². The van der Waals surface area contributed by atoms with E-state index in [1.54, 1.807) is 6.92 Å². The molecule has 0 spiro atoms. The Morgan fingerprint density at radius 2 is 1.73 bits per heavy atom. The Hall–Kier alpha value is -0.780. The summed E-state index contributed by atoms with van der Waals surface area (Å²) in [5.41, 5.74) is 0. The first-order chi connectivity index (χ1) is 10.4. The number of aliphatic imine (C=N–C) groups is 1. The van der Waals surface area contributed by atoms with E-state index < -0.39 is 9.84 Å². The van der Waals surface area contributed by atoms with Gasteiger partial charge >= 0.3 is 0 Å². The van der Waals surface area contributed by atoms with Crippen LogP contribution in [0, 0.1) is 5.92 Å². The zero-order chi connectivity index (χ0) is 16.8. The van der Waals surface area contributed by atoms with Gasteiger partial charge in [-0.3, -0.25) is 4.99 Å². The lowest BCUT2D eigenvalue weighted by molar-refractivity contribution is 0.521. The fraction of sp³-hybridized carbons (Fsp3) is 0.938. The first kappa shape index (κ1) is 21.2. The number of rotatable bonds is 12. The average Bonchev–Trinajstić information content (AvgIpc) is 2.45. The second-order valence-corrected chi connectivity index (χ2v) is 8.49. The van der Waals surface area contributed by atoms with Crippen LogP contribution in [0.1, 0.15) is 59.8 Å². The molecule has 5 nitrogen and oxygen atoms in total. The van der Waals surface area contributed by atoms with Crippen LogP contribution in [0.3, 0.4) is 0 Å². The number of nitrogens with zero attached hydrogens (tertiary/aromatic N) is 1. The van der Waals surface area contributed by atoms with E-state index in [9.17, 15) is 8.42 Å². The Bertz CT molecular complexity index is 392. The van der Waals surface area contributed by atoms with Crippen LogP contribution in [0.4, 0.5) is 0 Å². The highest BCUT2D eigenvalue weighted by molar-refractivity contribution is 7.91. The molecule has 0 saturated heterocycles. The molecule has 0 aliphatic rings. The first-order valence-corrected chi connectivity index (χ1v) is 10.5. The van der Waals surface area contributed by atoms with E-state index in [4.69, 9.17) is 0 Å². The van der Waals surface area contributed by atoms with Gasteiger partial charge in [0.1, 0.15) is 0 Å². The molecule has 0 heterocycles. The van der Waals surface area contributed by atoms with Gasteiger partial charge < -0.3 is 10.6 Å². The van der Waals surface area contributed by atoms with Crippen LogP contribution in [-0.4, -0.2) is 45.5 Å². The molecule has 0 bridgehead atoms. The van der Waals surface area contributed by atoms with Gasteiger partial charge in [-0.1, -0.05) is 46.5 Å². The predicted molar refractivity (Wildman–Crippen MR) is 96.2 cm³/mol. The number of guanidine groups is 1. The van der Waals surface area contributed by atoms with Crippen LogP contribution in [0.2, 0.25) is 0 Å². The van der Waals surface area contributed by atoms with E-state index in [2.05, 4.69) is 29.5 Å². The lowest BCUT2D eigenvalue weighted by atomic mass is 10.0. The number of nitrogens with one attached hydrogen (secondary N) is 2. The summed E-state index contributed by atoms with van der Waals surface area (Å²) >= 11 is 0. The topological polar surface area (TPSA) is 70.6 Å². The van der Waals surface area contributed by atoms with Crippen molar-refractivity contribution in [1.29, 1.82) is 0 Å². The third-order valence-corrected chi connectivity index (χ3v) is 5.15. The van der Waals surface area contributed by atoms with E-state index in [0.29, 0.717) is 6.54 Å². The molecule has 0 unspecified atom stereocenters. The highest BCUT2D eigenvalue weighted by atomic mass is 32.2. The zero-order valence-electron chi connectivity index (χ0n) is 14.8. The zero-order valence-corrected chi connectivity index (χ0v) is 15.6. The van der Waals surface area contributed by atoms with Gasteiger partial charge in [0.25, 0.3) is 0 Å². The largest absolute Gasteiger partial charge is 0.357 e. The maximum Gasteiger partial charge on any atom is 0.191 e. The Kier molecular flexibility index (Phi) is 12.3. The third kappa shape index (κ3) is 12.9. The summed E-state index contributed by atoms with van der Waals surface area (Å²) in [5, 5.41) is 6.24. The Labute approximate surface area is 137 Å². The fourth-order valence-corrected chi connectivity index (χ4v) is 2.72. The number of unbranched alkanes of at least 4 members (excludes halogenated alkanes) is 3. The molecule has 0 rings (SSSR count). The summed E-state index contributed by atoms with van der Waals surface area (Å²) in [5.74, 6) is 1.86. The molecular weight excluding hydrogens is 298 g/mol. The molecule has 0 fully saturated rings. The van der Waals surface area contributed by atoms with E-state index in [0.717, 1.165) is 31.4 Å². The van der Waals surface area contributed by atoms with Gasteiger partial charge in [-0.2, -0.15) is 0 Å². The van der Waals surface area contributed by atoms with E-state index in [-0.39, 0.29) is 11.5 Å². The minimum atomic E-state index is -2.92. The Morgan fingerprint density at radius 3 is 2.32 bits per heavy atom. The van der Waals surface area contributed by atoms with Crippen molar-refractivity contribution < 1.29 is 8.42 Å². The van der Waals surface area contributed by atoms with Crippen LogP contribution < -0.4 is 10.6 Å². The summed E-state index contributed by atoms with van der Waals surface area (Å²) < 4.78 is 22.9. The van der Waals surface area contributed by atoms with Gasteiger partial charge in [0.15, 0.2) is 15.8 Å². The molecule has 0 saturated carbocycles. The second-order valence-electron chi connectivity index (χ2n) is 6.02. The fourth-order valence-electron chi connectivity index (χ4n) is 2.02. The predicted octanol–water partition coefficient (Wildman–Crippen LogP) is 2.58. The van der Waals surface area contributed by atoms with Gasteiger partial charge in [-0.15, -0.1) is 0 Å². The normalized spacial score (nSPS) is 12.7. The first-order valence-electron chi connectivity index (χ1n) is 8.63. The van der Waals surface area contributed by atoms with Gasteiger partial charge in [-0.25, -0.2) is 8.42 Å². The monoisotopic (exact) mass is 333 g/mol. The number of hydrogen-bond acceptors (Lipinski definition) is 3. The van der Waals surface area contributed by atoms with Crippen molar-refractivity contribution in [2.75, 3.05) is 31.1 Å². The molecule has 0 atom stereocenters. The van der Waals surface area contributed by atoms with Crippen molar-refractivity contribution in [3.8, 4) is 0 Å². The molecular formula is C16H35N3O2S. The molecule has 2 N–H and O–H groups in total. The van der Waals surface area contributed by atoms with Crippen LogP contribution in [-0.2, 0) is 9.84 Å². The highest BCUT2D eigenvalue weighted by Gasteiger charge is 2.07. The molecule has 6 heteroatoms. The molecule has 0 aromatic heterocycles. The highest BCUT2D eigenvalue weighted by Crippen LogP contribution is 2.09. The minimum Gasteiger partial charge on any atom is -0.357 e. The number of hydrogen-bond donors (Lipinski definition) is 2. The number of sulfone groups is 1. The van der Waals surface area contributed by atoms with Gasteiger partial charge in [-0.05, 0) is 19.3 Å². The lowest BCUT2D eigenvalue weighted by Crippen LogP contribution is -2.39. The van der Waals surface area contributed by atoms with Gasteiger partial charge in [0.05, 0.1) is 5.75 Å². The Balaban J connectivity index is 3.91. The van der Waals surface area contributed by atoms with Crippen LogP contribution in [0.5, 0.6) is 0 Å². The quantitative estimate of drug-likeness (QED) is 0.327. The minimum absolute atomic E-state index is 0.156.